The van der Waals surface area contributed by atoms with Crippen molar-refractivity contribution in [1.29, 1.82) is 0 Å². The molecule has 1 aromatic heterocycles. The summed E-state index contributed by atoms with van der Waals surface area (Å²) in [5, 5.41) is 13.3. The Morgan fingerprint density at radius 2 is 1.92 bits per heavy atom. The van der Waals surface area contributed by atoms with Crippen molar-refractivity contribution >= 4 is 45.9 Å². The van der Waals surface area contributed by atoms with E-state index in [9.17, 15) is 9.59 Å². The first-order chi connectivity index (χ1) is 12.5. The van der Waals surface area contributed by atoms with Gasteiger partial charge in [-0.3, -0.25) is 10.1 Å². The van der Waals surface area contributed by atoms with E-state index in [1.54, 1.807) is 32.2 Å². The molecule has 0 spiro atoms. The molecule has 140 valence electrons. The number of hydrogen-bond acceptors (Lipinski definition) is 9. The number of rotatable bonds is 8. The van der Waals surface area contributed by atoms with Crippen LogP contribution in [0.25, 0.3) is 0 Å². The van der Waals surface area contributed by atoms with Crippen LogP contribution in [0.2, 0.25) is 0 Å². The largest absolute Gasteiger partial charge is 0.493 e. The molecule has 0 atom stereocenters. The first-order valence-corrected chi connectivity index (χ1v) is 9.27. The summed E-state index contributed by atoms with van der Waals surface area (Å²) in [6, 6.07) is 5.10. The van der Waals surface area contributed by atoms with Gasteiger partial charge in [0.25, 0.3) is 0 Å². The number of benzene rings is 1. The monoisotopic (exact) mass is 398 g/mol. The molecule has 0 bridgehead atoms. The highest BCUT2D eigenvalue weighted by Crippen LogP contribution is 2.30. The van der Waals surface area contributed by atoms with Crippen LogP contribution in [-0.2, 0) is 9.53 Å². The lowest BCUT2D eigenvalue weighted by Gasteiger charge is -2.10. The molecule has 11 heteroatoms. The Hall–Kier alpha value is -2.53. The summed E-state index contributed by atoms with van der Waals surface area (Å²) in [4.78, 5) is 23.4. The quantitative estimate of drug-likeness (QED) is 0.516. The van der Waals surface area contributed by atoms with Crippen LogP contribution in [0.5, 0.6) is 11.5 Å². The molecule has 0 aliphatic heterocycles. The zero-order chi connectivity index (χ0) is 18.9. The molecule has 0 saturated heterocycles. The number of methoxy groups -OCH3 is 2. The van der Waals surface area contributed by atoms with Crippen LogP contribution in [0.4, 0.5) is 15.6 Å². The minimum absolute atomic E-state index is 0.141. The van der Waals surface area contributed by atoms with Gasteiger partial charge in [0.2, 0.25) is 11.0 Å². The second-order valence-electron chi connectivity index (χ2n) is 4.63. The third-order valence-corrected chi connectivity index (χ3v) is 4.86. The van der Waals surface area contributed by atoms with Crippen LogP contribution in [0, 0.1) is 0 Å². The highest BCUT2D eigenvalue weighted by atomic mass is 32.2. The molecule has 0 radical (unpaired) electrons. The Morgan fingerprint density at radius 3 is 2.62 bits per heavy atom. The van der Waals surface area contributed by atoms with Gasteiger partial charge >= 0.3 is 6.09 Å². The fourth-order valence-electron chi connectivity index (χ4n) is 1.81. The van der Waals surface area contributed by atoms with Crippen LogP contribution in [0.1, 0.15) is 6.92 Å². The number of carbonyl (C=O) groups is 2. The Morgan fingerprint density at radius 1 is 1.15 bits per heavy atom. The molecular weight excluding hydrogens is 380 g/mol. The summed E-state index contributed by atoms with van der Waals surface area (Å²) in [6.45, 7) is 1.97. The summed E-state index contributed by atoms with van der Waals surface area (Å²) in [7, 11) is 3.07. The highest BCUT2D eigenvalue weighted by molar-refractivity contribution is 8.01. The topological polar surface area (TPSA) is 112 Å². The minimum Gasteiger partial charge on any atom is -0.493 e. The number of ether oxygens (including phenoxy) is 3. The van der Waals surface area contributed by atoms with E-state index in [4.69, 9.17) is 14.2 Å². The van der Waals surface area contributed by atoms with Crippen LogP contribution in [0.15, 0.2) is 22.5 Å². The fourth-order valence-corrected chi connectivity index (χ4v) is 3.35. The normalized spacial score (nSPS) is 10.1. The average molecular weight is 398 g/mol. The molecule has 2 amide bonds. The molecule has 1 aromatic carbocycles. The third kappa shape index (κ3) is 5.77. The van der Waals surface area contributed by atoms with E-state index in [1.807, 2.05) is 0 Å². The number of hydrogen-bond donors (Lipinski definition) is 2. The van der Waals surface area contributed by atoms with E-state index >= 15 is 0 Å². The summed E-state index contributed by atoms with van der Waals surface area (Å²) >= 11 is 2.37. The molecule has 0 aliphatic rings. The summed E-state index contributed by atoms with van der Waals surface area (Å²) in [6.07, 6.45) is -0.591. The van der Waals surface area contributed by atoms with Crippen molar-refractivity contribution in [3.63, 3.8) is 0 Å². The van der Waals surface area contributed by atoms with E-state index in [1.165, 1.54) is 18.9 Å². The number of nitrogens with one attached hydrogen (secondary N) is 2. The zero-order valence-electron chi connectivity index (χ0n) is 14.4. The van der Waals surface area contributed by atoms with Gasteiger partial charge in [0, 0.05) is 11.8 Å². The molecule has 0 fully saturated rings. The molecule has 2 rings (SSSR count). The van der Waals surface area contributed by atoms with Gasteiger partial charge in [0.05, 0.1) is 26.6 Å². The molecule has 0 unspecified atom stereocenters. The van der Waals surface area contributed by atoms with Gasteiger partial charge in [-0.15, -0.1) is 10.2 Å². The molecule has 26 heavy (non-hydrogen) atoms. The lowest BCUT2D eigenvalue weighted by atomic mass is 10.2. The van der Waals surface area contributed by atoms with E-state index in [-0.39, 0.29) is 18.3 Å². The van der Waals surface area contributed by atoms with E-state index in [0.29, 0.717) is 26.7 Å². The molecule has 2 aromatic rings. The van der Waals surface area contributed by atoms with Gasteiger partial charge in [0.1, 0.15) is 0 Å². The van der Waals surface area contributed by atoms with Gasteiger partial charge in [-0.2, -0.15) is 0 Å². The van der Waals surface area contributed by atoms with Gasteiger partial charge in [-0.25, -0.2) is 4.79 Å². The smallest absolute Gasteiger partial charge is 0.413 e. The Balaban J connectivity index is 1.85. The maximum absolute atomic E-state index is 12.1. The minimum atomic E-state index is -0.591. The van der Waals surface area contributed by atoms with Crippen molar-refractivity contribution < 1.29 is 23.8 Å². The van der Waals surface area contributed by atoms with Crippen LogP contribution >= 0.6 is 23.1 Å². The molecular formula is C15H18N4O5S2. The van der Waals surface area contributed by atoms with Crippen molar-refractivity contribution in [2.24, 2.45) is 0 Å². The zero-order valence-corrected chi connectivity index (χ0v) is 16.0. The van der Waals surface area contributed by atoms with E-state index in [0.717, 1.165) is 11.3 Å². The van der Waals surface area contributed by atoms with Crippen molar-refractivity contribution in [3.05, 3.63) is 18.2 Å². The lowest BCUT2D eigenvalue weighted by Crippen LogP contribution is -2.14. The molecule has 0 aliphatic carbocycles. The molecule has 0 saturated carbocycles. The van der Waals surface area contributed by atoms with Crippen molar-refractivity contribution in [2.45, 2.75) is 11.3 Å². The predicted molar refractivity (Wildman–Crippen MR) is 99.5 cm³/mol. The maximum Gasteiger partial charge on any atom is 0.413 e. The van der Waals surface area contributed by atoms with Crippen LogP contribution in [0.3, 0.4) is 0 Å². The SMILES string of the molecule is CCOC(=O)Nc1nnc(SCC(=O)Nc2ccc(OC)c(OC)c2)s1. The second-order valence-corrected chi connectivity index (χ2v) is 6.83. The predicted octanol–water partition coefficient (Wildman–Crippen LogP) is 2.85. The molecule has 1 heterocycles. The Kier molecular flexibility index (Phi) is 7.48. The first-order valence-electron chi connectivity index (χ1n) is 7.47. The van der Waals surface area contributed by atoms with Crippen LogP contribution in [-0.4, -0.2) is 48.8 Å². The number of thioether (sulfide) groups is 1. The van der Waals surface area contributed by atoms with Gasteiger partial charge in [-0.05, 0) is 19.1 Å². The third-order valence-electron chi connectivity index (χ3n) is 2.88. The van der Waals surface area contributed by atoms with Crippen molar-refractivity contribution in [3.8, 4) is 11.5 Å². The Bertz CT molecular complexity index is 768. The highest BCUT2D eigenvalue weighted by Gasteiger charge is 2.12. The fraction of sp³-hybridized carbons (Fsp3) is 0.333. The standard InChI is InChI=1S/C15H18N4O5S2/c1-4-24-14(21)17-13-18-19-15(26-13)25-8-12(20)16-9-5-6-10(22-2)11(7-9)23-3/h5-7H,4,8H2,1-3H3,(H,16,20)(H,17,18,21). The summed E-state index contributed by atoms with van der Waals surface area (Å²) < 4.78 is 15.7. The van der Waals surface area contributed by atoms with Crippen molar-refractivity contribution in [2.75, 3.05) is 37.2 Å². The summed E-state index contributed by atoms with van der Waals surface area (Å²) in [5.41, 5.74) is 0.593. The molecule has 9 nitrogen and oxygen atoms in total. The van der Waals surface area contributed by atoms with Gasteiger partial charge in [0.15, 0.2) is 15.8 Å². The number of anilines is 2. The maximum atomic E-state index is 12.1. The van der Waals surface area contributed by atoms with Crippen LogP contribution < -0.4 is 20.1 Å². The Labute approximate surface area is 158 Å². The van der Waals surface area contributed by atoms with Gasteiger partial charge in [-0.1, -0.05) is 23.1 Å². The molecule has 2 N–H and O–H groups in total. The number of carbonyl (C=O) groups excluding carboxylic acids is 2. The summed E-state index contributed by atoms with van der Waals surface area (Å²) in [5.74, 6) is 1.03. The second kappa shape index (κ2) is 9.82. The van der Waals surface area contributed by atoms with E-state index < -0.39 is 6.09 Å². The number of aromatic nitrogens is 2. The van der Waals surface area contributed by atoms with Crippen molar-refractivity contribution in [1.82, 2.24) is 10.2 Å². The van der Waals surface area contributed by atoms with Gasteiger partial charge < -0.3 is 19.5 Å². The van der Waals surface area contributed by atoms with E-state index in [2.05, 4.69) is 20.8 Å². The number of amides is 2. The lowest BCUT2D eigenvalue weighted by molar-refractivity contribution is -0.113. The first kappa shape index (κ1) is 19.8. The average Bonchev–Trinajstić information content (AvgIpc) is 3.07. The number of nitrogens with zero attached hydrogens (tertiary/aromatic N) is 2.